The van der Waals surface area contributed by atoms with Gasteiger partial charge in [-0.25, -0.2) is 0 Å². The van der Waals surface area contributed by atoms with Gasteiger partial charge >= 0.3 is 0 Å². The number of rotatable bonds is 10. The Kier molecular flexibility index (Phi) is 8.02. The average molecular weight is 283 g/mol. The lowest BCUT2D eigenvalue weighted by Crippen LogP contribution is -2.31. The van der Waals surface area contributed by atoms with Crippen molar-refractivity contribution >= 4 is 0 Å². The summed E-state index contributed by atoms with van der Waals surface area (Å²) in [6, 6.07) is 5.83. The summed E-state index contributed by atoms with van der Waals surface area (Å²) in [6.07, 6.45) is 0.881. The van der Waals surface area contributed by atoms with Crippen molar-refractivity contribution in [2.75, 3.05) is 26.4 Å². The summed E-state index contributed by atoms with van der Waals surface area (Å²) in [4.78, 5) is 0. The van der Waals surface area contributed by atoms with Crippen LogP contribution in [-0.4, -0.2) is 42.7 Å². The highest BCUT2D eigenvalue weighted by atomic mass is 16.5. The van der Waals surface area contributed by atoms with E-state index in [0.717, 1.165) is 12.0 Å². The Morgan fingerprint density at radius 2 is 1.95 bits per heavy atom. The van der Waals surface area contributed by atoms with Gasteiger partial charge in [-0.05, 0) is 31.0 Å². The van der Waals surface area contributed by atoms with Gasteiger partial charge in [-0.3, -0.25) is 0 Å². The Hall–Kier alpha value is -1.30. The molecule has 1 unspecified atom stereocenters. The third-order valence-electron chi connectivity index (χ3n) is 2.96. The van der Waals surface area contributed by atoms with Gasteiger partial charge in [0.2, 0.25) is 0 Å². The van der Waals surface area contributed by atoms with Gasteiger partial charge in [-0.2, -0.15) is 0 Å². The van der Waals surface area contributed by atoms with Crippen LogP contribution < -0.4 is 14.8 Å². The van der Waals surface area contributed by atoms with Crippen LogP contribution in [0.25, 0.3) is 0 Å². The first kappa shape index (κ1) is 16.8. The summed E-state index contributed by atoms with van der Waals surface area (Å²) in [5.74, 6) is 1.32. The van der Waals surface area contributed by atoms with Crippen molar-refractivity contribution in [3.63, 3.8) is 0 Å². The molecule has 20 heavy (non-hydrogen) atoms. The van der Waals surface area contributed by atoms with Crippen molar-refractivity contribution in [3.05, 3.63) is 23.8 Å². The molecule has 0 saturated heterocycles. The molecule has 0 saturated carbocycles. The van der Waals surface area contributed by atoms with Crippen molar-refractivity contribution < 1.29 is 19.7 Å². The van der Waals surface area contributed by atoms with E-state index < -0.39 is 0 Å². The molecule has 0 spiro atoms. The monoisotopic (exact) mass is 283 g/mol. The topological polar surface area (TPSA) is 71.0 Å². The summed E-state index contributed by atoms with van der Waals surface area (Å²) in [5, 5.41) is 21.2. The van der Waals surface area contributed by atoms with Gasteiger partial charge in [0.05, 0.1) is 19.8 Å². The Balaban J connectivity index is 2.70. The number of benzene rings is 1. The van der Waals surface area contributed by atoms with Crippen LogP contribution in [0.5, 0.6) is 11.5 Å². The third kappa shape index (κ3) is 5.36. The maximum atomic E-state index is 9.15. The second-order valence-corrected chi connectivity index (χ2v) is 4.45. The summed E-state index contributed by atoms with van der Waals surface area (Å²) >= 11 is 0. The maximum absolute atomic E-state index is 9.15. The summed E-state index contributed by atoms with van der Waals surface area (Å²) < 4.78 is 11.0. The molecule has 1 atom stereocenters. The van der Waals surface area contributed by atoms with E-state index in [0.29, 0.717) is 24.7 Å². The van der Waals surface area contributed by atoms with E-state index in [4.69, 9.17) is 19.7 Å². The first-order valence-corrected chi connectivity index (χ1v) is 7.08. The molecular weight excluding hydrogens is 258 g/mol. The second-order valence-electron chi connectivity index (χ2n) is 4.45. The molecule has 0 fully saturated rings. The van der Waals surface area contributed by atoms with Gasteiger partial charge in [-0.15, -0.1) is 0 Å². The minimum Gasteiger partial charge on any atom is -0.490 e. The zero-order valence-electron chi connectivity index (χ0n) is 12.3. The summed E-state index contributed by atoms with van der Waals surface area (Å²) in [6.45, 7) is 5.53. The largest absolute Gasteiger partial charge is 0.490 e. The van der Waals surface area contributed by atoms with Crippen molar-refractivity contribution in [1.82, 2.24) is 5.32 Å². The molecule has 3 N–H and O–H groups in total. The standard InChI is InChI=1S/C15H25NO4/c1-3-13(11-18)16-10-12-5-6-14(20-8-7-17)15(9-12)19-4-2/h5-6,9,13,16-18H,3-4,7-8,10-11H2,1-2H3. The van der Waals surface area contributed by atoms with E-state index in [2.05, 4.69) is 5.32 Å². The highest BCUT2D eigenvalue weighted by Crippen LogP contribution is 2.28. The molecule has 0 aromatic heterocycles. The van der Waals surface area contributed by atoms with Crippen molar-refractivity contribution in [2.24, 2.45) is 0 Å². The first-order valence-electron chi connectivity index (χ1n) is 7.08. The normalized spacial score (nSPS) is 12.2. The molecule has 1 aromatic rings. The Morgan fingerprint density at radius 1 is 1.15 bits per heavy atom. The molecule has 1 aromatic carbocycles. The molecule has 1 rings (SSSR count). The lowest BCUT2D eigenvalue weighted by molar-refractivity contribution is 0.194. The number of aliphatic hydroxyl groups excluding tert-OH is 2. The first-order chi connectivity index (χ1) is 9.74. The third-order valence-corrected chi connectivity index (χ3v) is 2.96. The van der Waals surface area contributed by atoms with Crippen LogP contribution in [0.3, 0.4) is 0 Å². The number of nitrogens with one attached hydrogen (secondary N) is 1. The van der Waals surface area contributed by atoms with Gasteiger partial charge in [0, 0.05) is 12.6 Å². The molecule has 0 bridgehead atoms. The van der Waals surface area contributed by atoms with Crippen LogP contribution in [0.1, 0.15) is 25.8 Å². The summed E-state index contributed by atoms with van der Waals surface area (Å²) in [5.41, 5.74) is 1.07. The predicted octanol–water partition coefficient (Wildman–Crippen LogP) is 1.32. The van der Waals surface area contributed by atoms with Crippen LogP contribution in [0.2, 0.25) is 0 Å². The van der Waals surface area contributed by atoms with E-state index in [1.54, 1.807) is 0 Å². The molecule has 0 aliphatic rings. The Labute approximate surface area is 120 Å². The zero-order chi connectivity index (χ0) is 14.8. The van der Waals surface area contributed by atoms with Crippen LogP contribution in [-0.2, 0) is 6.54 Å². The van der Waals surface area contributed by atoms with E-state index in [1.807, 2.05) is 32.0 Å². The van der Waals surface area contributed by atoms with E-state index in [1.165, 1.54) is 0 Å². The van der Waals surface area contributed by atoms with E-state index in [9.17, 15) is 0 Å². The van der Waals surface area contributed by atoms with Crippen LogP contribution in [0.4, 0.5) is 0 Å². The average Bonchev–Trinajstić information content (AvgIpc) is 2.48. The molecule has 5 heteroatoms. The fourth-order valence-electron chi connectivity index (χ4n) is 1.81. The highest BCUT2D eigenvalue weighted by molar-refractivity contribution is 5.43. The number of hydrogen-bond acceptors (Lipinski definition) is 5. The molecule has 0 amide bonds. The number of ether oxygens (including phenoxy) is 2. The molecule has 114 valence electrons. The number of aliphatic hydroxyl groups is 2. The highest BCUT2D eigenvalue weighted by Gasteiger charge is 2.08. The predicted molar refractivity (Wildman–Crippen MR) is 78.2 cm³/mol. The van der Waals surface area contributed by atoms with Crippen LogP contribution in [0.15, 0.2) is 18.2 Å². The smallest absolute Gasteiger partial charge is 0.161 e. The Bertz CT molecular complexity index is 380. The molecule has 0 aliphatic carbocycles. The molecular formula is C15H25NO4. The second kappa shape index (κ2) is 9.58. The van der Waals surface area contributed by atoms with Gasteiger partial charge in [0.1, 0.15) is 6.61 Å². The molecule has 0 heterocycles. The van der Waals surface area contributed by atoms with Crippen molar-refractivity contribution in [1.29, 1.82) is 0 Å². The van der Waals surface area contributed by atoms with Gasteiger partial charge in [0.25, 0.3) is 0 Å². The minimum absolute atomic E-state index is 0.0243. The lowest BCUT2D eigenvalue weighted by Gasteiger charge is -2.16. The quantitative estimate of drug-likeness (QED) is 0.604. The zero-order valence-corrected chi connectivity index (χ0v) is 12.3. The van der Waals surface area contributed by atoms with E-state index >= 15 is 0 Å². The minimum atomic E-state index is -0.0243. The molecule has 0 aliphatic heterocycles. The van der Waals surface area contributed by atoms with Crippen LogP contribution >= 0.6 is 0 Å². The summed E-state index contributed by atoms with van der Waals surface area (Å²) in [7, 11) is 0. The fraction of sp³-hybridized carbons (Fsp3) is 0.600. The molecule has 5 nitrogen and oxygen atoms in total. The van der Waals surface area contributed by atoms with Crippen molar-refractivity contribution in [3.8, 4) is 11.5 Å². The fourth-order valence-corrected chi connectivity index (χ4v) is 1.81. The van der Waals surface area contributed by atoms with Gasteiger partial charge in [-0.1, -0.05) is 13.0 Å². The maximum Gasteiger partial charge on any atom is 0.161 e. The van der Waals surface area contributed by atoms with Crippen molar-refractivity contribution in [2.45, 2.75) is 32.9 Å². The van der Waals surface area contributed by atoms with Crippen LogP contribution in [0, 0.1) is 0 Å². The number of hydrogen-bond donors (Lipinski definition) is 3. The SMILES string of the molecule is CCOc1cc(CNC(CC)CO)ccc1OCCO. The van der Waals surface area contributed by atoms with Gasteiger partial charge < -0.3 is 25.0 Å². The van der Waals surface area contributed by atoms with Gasteiger partial charge in [0.15, 0.2) is 11.5 Å². The Morgan fingerprint density at radius 3 is 2.55 bits per heavy atom. The molecule has 0 radical (unpaired) electrons. The van der Waals surface area contributed by atoms with E-state index in [-0.39, 0.29) is 25.9 Å². The lowest BCUT2D eigenvalue weighted by atomic mass is 10.1.